The van der Waals surface area contributed by atoms with Crippen LogP contribution in [0, 0.1) is 0 Å². The molecule has 0 saturated carbocycles. The molecule has 0 bridgehead atoms. The minimum atomic E-state index is -3.41. The van der Waals surface area contributed by atoms with Crippen molar-refractivity contribution in [3.8, 4) is 11.5 Å². The van der Waals surface area contributed by atoms with Gasteiger partial charge in [0.05, 0.1) is 25.5 Å². The van der Waals surface area contributed by atoms with Crippen LogP contribution in [-0.4, -0.2) is 46.9 Å². The summed E-state index contributed by atoms with van der Waals surface area (Å²) in [5.74, 6) is 0.353. The summed E-state index contributed by atoms with van der Waals surface area (Å²) in [4.78, 5) is 12.1. The molecule has 130 valence electrons. The first-order chi connectivity index (χ1) is 10.8. The molecular weight excluding hydrogens is 320 g/mol. The smallest absolute Gasteiger partial charge is 0.255 e. The van der Waals surface area contributed by atoms with Crippen LogP contribution in [-0.2, 0) is 10.0 Å². The molecule has 0 aliphatic carbocycles. The number of carbonyl (C=O) groups excluding carboxylic acids is 1. The summed E-state index contributed by atoms with van der Waals surface area (Å²) in [5.41, 5.74) is 0.320. The van der Waals surface area contributed by atoms with Crippen LogP contribution in [0.5, 0.6) is 11.5 Å². The van der Waals surface area contributed by atoms with Crippen molar-refractivity contribution < 1.29 is 22.7 Å². The average Bonchev–Trinajstić information content (AvgIpc) is 2.53. The maximum Gasteiger partial charge on any atom is 0.255 e. The quantitative estimate of drug-likeness (QED) is 0.701. The Morgan fingerprint density at radius 3 is 2.52 bits per heavy atom. The number of carbonyl (C=O) groups is 1. The van der Waals surface area contributed by atoms with E-state index in [0.29, 0.717) is 23.5 Å². The summed E-state index contributed by atoms with van der Waals surface area (Å²) in [6.07, 6.45) is 0.703. The van der Waals surface area contributed by atoms with Gasteiger partial charge in [0.15, 0.2) is 0 Å². The highest BCUT2D eigenvalue weighted by Crippen LogP contribution is 2.24. The molecule has 1 atom stereocenters. The molecule has 0 fully saturated rings. The predicted molar refractivity (Wildman–Crippen MR) is 88.6 cm³/mol. The molecule has 0 unspecified atom stereocenters. The average molecular weight is 344 g/mol. The van der Waals surface area contributed by atoms with Gasteiger partial charge < -0.3 is 14.8 Å². The van der Waals surface area contributed by atoms with Crippen molar-refractivity contribution in [1.82, 2.24) is 10.0 Å². The molecule has 23 heavy (non-hydrogen) atoms. The standard InChI is InChI=1S/C15H24N2O5S/c1-5-11(2)17-23(19,20)9-8-16-15(18)13-7-6-12(21-3)10-14(13)22-4/h6-7,10-11,17H,5,8-9H2,1-4H3,(H,16,18)/t11-/m1/s1. The fourth-order valence-electron chi connectivity index (χ4n) is 1.83. The first-order valence-electron chi connectivity index (χ1n) is 7.33. The van der Waals surface area contributed by atoms with Crippen molar-refractivity contribution in [1.29, 1.82) is 0 Å². The van der Waals surface area contributed by atoms with Gasteiger partial charge >= 0.3 is 0 Å². The van der Waals surface area contributed by atoms with Crippen LogP contribution in [0.3, 0.4) is 0 Å². The van der Waals surface area contributed by atoms with Crippen molar-refractivity contribution in [3.05, 3.63) is 23.8 Å². The van der Waals surface area contributed by atoms with Crippen LogP contribution in [0.4, 0.5) is 0 Å². The number of amides is 1. The third-order valence-electron chi connectivity index (χ3n) is 3.30. The van der Waals surface area contributed by atoms with Crippen molar-refractivity contribution in [2.45, 2.75) is 26.3 Å². The lowest BCUT2D eigenvalue weighted by atomic mass is 10.2. The molecule has 1 rings (SSSR count). The van der Waals surface area contributed by atoms with Gasteiger partial charge in [0.1, 0.15) is 11.5 Å². The molecular formula is C15H24N2O5S. The third kappa shape index (κ3) is 6.07. The SMILES string of the molecule is CC[C@@H](C)NS(=O)(=O)CCNC(=O)c1ccc(OC)cc1OC. The van der Waals surface area contributed by atoms with Gasteiger partial charge in [-0.2, -0.15) is 0 Å². The first-order valence-corrected chi connectivity index (χ1v) is 8.98. The third-order valence-corrected chi connectivity index (χ3v) is 4.81. The summed E-state index contributed by atoms with van der Waals surface area (Å²) in [6.45, 7) is 3.70. The van der Waals surface area contributed by atoms with E-state index in [1.165, 1.54) is 14.2 Å². The van der Waals surface area contributed by atoms with Crippen LogP contribution >= 0.6 is 0 Å². The molecule has 0 aromatic heterocycles. The topological polar surface area (TPSA) is 93.7 Å². The molecule has 0 saturated heterocycles. The highest BCUT2D eigenvalue weighted by molar-refractivity contribution is 7.89. The number of benzene rings is 1. The minimum Gasteiger partial charge on any atom is -0.497 e. The first kappa shape index (κ1) is 19.2. The molecule has 1 amide bonds. The van der Waals surface area contributed by atoms with Gasteiger partial charge in [-0.15, -0.1) is 0 Å². The number of hydrogen-bond acceptors (Lipinski definition) is 5. The zero-order valence-corrected chi connectivity index (χ0v) is 14.7. The van der Waals surface area contributed by atoms with E-state index in [9.17, 15) is 13.2 Å². The van der Waals surface area contributed by atoms with Gasteiger partial charge in [0.25, 0.3) is 5.91 Å². The second-order valence-electron chi connectivity index (χ2n) is 5.07. The van der Waals surface area contributed by atoms with E-state index in [0.717, 1.165) is 0 Å². The lowest BCUT2D eigenvalue weighted by molar-refractivity contribution is 0.0953. The number of sulfonamides is 1. The summed E-state index contributed by atoms with van der Waals surface area (Å²) >= 11 is 0. The highest BCUT2D eigenvalue weighted by Gasteiger charge is 2.16. The zero-order chi connectivity index (χ0) is 17.5. The van der Waals surface area contributed by atoms with Crippen LogP contribution < -0.4 is 19.5 Å². The molecule has 0 aliphatic rings. The lowest BCUT2D eigenvalue weighted by Crippen LogP contribution is -2.38. The molecule has 1 aromatic rings. The second-order valence-corrected chi connectivity index (χ2v) is 6.94. The largest absolute Gasteiger partial charge is 0.497 e. The Morgan fingerprint density at radius 2 is 1.96 bits per heavy atom. The number of ether oxygens (including phenoxy) is 2. The maximum atomic E-state index is 12.1. The van der Waals surface area contributed by atoms with Crippen molar-refractivity contribution in [2.24, 2.45) is 0 Å². The Labute approximate surface area is 137 Å². The maximum absolute atomic E-state index is 12.1. The van der Waals surface area contributed by atoms with E-state index < -0.39 is 15.9 Å². The Balaban J connectivity index is 2.64. The molecule has 2 N–H and O–H groups in total. The van der Waals surface area contributed by atoms with Crippen molar-refractivity contribution in [2.75, 3.05) is 26.5 Å². The molecule has 0 heterocycles. The van der Waals surface area contributed by atoms with Gasteiger partial charge in [-0.3, -0.25) is 4.79 Å². The monoisotopic (exact) mass is 344 g/mol. The van der Waals surface area contributed by atoms with Gasteiger partial charge in [0, 0.05) is 18.7 Å². The highest BCUT2D eigenvalue weighted by atomic mass is 32.2. The normalized spacial score (nSPS) is 12.5. The molecule has 8 heteroatoms. The molecule has 0 radical (unpaired) electrons. The van der Waals surface area contributed by atoms with E-state index >= 15 is 0 Å². The summed E-state index contributed by atoms with van der Waals surface area (Å²) in [7, 11) is -0.445. The van der Waals surface area contributed by atoms with Crippen LogP contribution in [0.1, 0.15) is 30.6 Å². The van der Waals surface area contributed by atoms with E-state index in [-0.39, 0.29) is 18.3 Å². The predicted octanol–water partition coefficient (Wildman–Crippen LogP) is 1.15. The van der Waals surface area contributed by atoms with Gasteiger partial charge in [-0.25, -0.2) is 13.1 Å². The van der Waals surface area contributed by atoms with E-state index in [2.05, 4.69) is 10.0 Å². The van der Waals surface area contributed by atoms with Gasteiger partial charge in [-0.1, -0.05) is 6.92 Å². The fraction of sp³-hybridized carbons (Fsp3) is 0.533. The van der Waals surface area contributed by atoms with Crippen LogP contribution in [0.25, 0.3) is 0 Å². The number of nitrogens with one attached hydrogen (secondary N) is 2. The van der Waals surface area contributed by atoms with E-state index in [4.69, 9.17) is 9.47 Å². The molecule has 7 nitrogen and oxygen atoms in total. The number of hydrogen-bond donors (Lipinski definition) is 2. The van der Waals surface area contributed by atoms with Crippen molar-refractivity contribution >= 4 is 15.9 Å². The fourth-order valence-corrected chi connectivity index (χ4v) is 3.10. The Bertz CT molecular complexity index is 631. The summed E-state index contributed by atoms with van der Waals surface area (Å²) < 4.78 is 36.4. The Kier molecular flexibility index (Phi) is 7.31. The lowest BCUT2D eigenvalue weighted by Gasteiger charge is -2.13. The molecule has 0 spiro atoms. The molecule has 0 aliphatic heterocycles. The number of rotatable bonds is 9. The van der Waals surface area contributed by atoms with Gasteiger partial charge in [0.2, 0.25) is 10.0 Å². The molecule has 1 aromatic carbocycles. The number of methoxy groups -OCH3 is 2. The minimum absolute atomic E-state index is 0.0137. The summed E-state index contributed by atoms with van der Waals surface area (Å²) in [5, 5.41) is 2.58. The van der Waals surface area contributed by atoms with Gasteiger partial charge in [-0.05, 0) is 25.5 Å². The van der Waals surface area contributed by atoms with Crippen LogP contribution in [0.2, 0.25) is 0 Å². The van der Waals surface area contributed by atoms with E-state index in [1.807, 2.05) is 6.92 Å². The van der Waals surface area contributed by atoms with Crippen molar-refractivity contribution in [3.63, 3.8) is 0 Å². The van der Waals surface area contributed by atoms with Crippen LogP contribution in [0.15, 0.2) is 18.2 Å². The van der Waals surface area contributed by atoms with E-state index in [1.54, 1.807) is 25.1 Å². The Morgan fingerprint density at radius 1 is 1.26 bits per heavy atom. The second kappa shape index (κ2) is 8.73. The Hall–Kier alpha value is -1.80. The zero-order valence-electron chi connectivity index (χ0n) is 13.9. The summed E-state index contributed by atoms with van der Waals surface area (Å²) in [6, 6.07) is 4.67.